The maximum atomic E-state index is 12.4. The number of rotatable bonds is 3. The minimum absolute atomic E-state index is 0.0354. The van der Waals surface area contributed by atoms with E-state index in [-0.39, 0.29) is 23.5 Å². The minimum Gasteiger partial charge on any atom is -0.384 e. The molecule has 19 heavy (non-hydrogen) atoms. The second kappa shape index (κ2) is 5.59. The zero-order valence-corrected chi connectivity index (χ0v) is 12.2. The van der Waals surface area contributed by atoms with Crippen molar-refractivity contribution in [2.45, 2.75) is 13.0 Å². The fraction of sp³-hybridized carbons (Fsp3) is 0.231. The quantitative estimate of drug-likeness (QED) is 0.946. The van der Waals surface area contributed by atoms with Crippen molar-refractivity contribution in [3.8, 4) is 0 Å². The monoisotopic (exact) mass is 295 g/mol. The molecule has 2 aromatic rings. The lowest BCUT2D eigenvalue weighted by molar-refractivity contribution is 0.0739. The van der Waals surface area contributed by atoms with Crippen LogP contribution < -0.4 is 5.73 Å². The van der Waals surface area contributed by atoms with Gasteiger partial charge in [0.15, 0.2) is 0 Å². The van der Waals surface area contributed by atoms with Crippen molar-refractivity contribution in [3.05, 3.63) is 45.2 Å². The van der Waals surface area contributed by atoms with Gasteiger partial charge in [0.05, 0.1) is 11.1 Å². The number of thiophene rings is 1. The lowest BCUT2D eigenvalue weighted by Gasteiger charge is -2.24. The summed E-state index contributed by atoms with van der Waals surface area (Å²) in [4.78, 5) is 19.1. The third-order valence-electron chi connectivity index (χ3n) is 2.93. The number of aromatic nitrogens is 1. The molecule has 0 saturated carbocycles. The van der Waals surface area contributed by atoms with Gasteiger partial charge >= 0.3 is 0 Å². The van der Waals surface area contributed by atoms with Gasteiger partial charge < -0.3 is 10.6 Å². The first-order chi connectivity index (χ1) is 9.00. The number of carbonyl (C=O) groups excluding carboxylic acids is 1. The van der Waals surface area contributed by atoms with Crippen molar-refractivity contribution in [1.29, 1.82) is 0 Å². The van der Waals surface area contributed by atoms with Crippen LogP contribution in [-0.2, 0) is 0 Å². The highest BCUT2D eigenvalue weighted by molar-refractivity contribution is 7.10. The smallest absolute Gasteiger partial charge is 0.274 e. The van der Waals surface area contributed by atoms with E-state index in [4.69, 9.17) is 17.3 Å². The van der Waals surface area contributed by atoms with E-state index in [1.165, 1.54) is 0 Å². The van der Waals surface area contributed by atoms with Crippen LogP contribution in [0.5, 0.6) is 0 Å². The van der Waals surface area contributed by atoms with Gasteiger partial charge in [0.2, 0.25) is 0 Å². The molecule has 0 spiro atoms. The maximum absolute atomic E-state index is 12.4. The second-order valence-corrected chi connectivity index (χ2v) is 5.56. The summed E-state index contributed by atoms with van der Waals surface area (Å²) in [5, 5.41) is 2.29. The molecule has 100 valence electrons. The van der Waals surface area contributed by atoms with E-state index in [9.17, 15) is 4.79 Å². The molecule has 0 aliphatic carbocycles. The first kappa shape index (κ1) is 13.8. The Hall–Kier alpha value is -1.59. The van der Waals surface area contributed by atoms with Gasteiger partial charge in [-0.15, -0.1) is 11.3 Å². The zero-order valence-electron chi connectivity index (χ0n) is 10.6. The molecular weight excluding hydrogens is 282 g/mol. The molecule has 4 nitrogen and oxygen atoms in total. The van der Waals surface area contributed by atoms with Crippen molar-refractivity contribution >= 4 is 34.7 Å². The van der Waals surface area contributed by atoms with Crippen LogP contribution >= 0.6 is 22.9 Å². The van der Waals surface area contributed by atoms with Crippen molar-refractivity contribution < 1.29 is 4.79 Å². The molecular formula is C13H14ClN3OS. The molecule has 1 atom stereocenters. The lowest BCUT2D eigenvalue weighted by atomic mass is 10.2. The molecule has 2 aromatic heterocycles. The van der Waals surface area contributed by atoms with Crippen LogP contribution in [0.4, 0.5) is 5.82 Å². The van der Waals surface area contributed by atoms with Gasteiger partial charge in [-0.05, 0) is 30.5 Å². The van der Waals surface area contributed by atoms with E-state index in [0.717, 1.165) is 4.88 Å². The molecule has 0 aliphatic rings. The SMILES string of the molecule is CC(c1cccs1)N(C)C(=O)c1nc(N)ccc1Cl. The molecule has 0 fully saturated rings. The summed E-state index contributed by atoms with van der Waals surface area (Å²) in [7, 11) is 1.73. The molecule has 1 unspecified atom stereocenters. The molecule has 6 heteroatoms. The van der Waals surface area contributed by atoms with Gasteiger partial charge in [-0.3, -0.25) is 4.79 Å². The Bertz CT molecular complexity index is 586. The van der Waals surface area contributed by atoms with Crippen LogP contribution in [0.3, 0.4) is 0 Å². The number of hydrogen-bond donors (Lipinski definition) is 1. The zero-order chi connectivity index (χ0) is 14.0. The van der Waals surface area contributed by atoms with Gasteiger partial charge in [0, 0.05) is 11.9 Å². The summed E-state index contributed by atoms with van der Waals surface area (Å²) < 4.78 is 0. The highest BCUT2D eigenvalue weighted by atomic mass is 35.5. The summed E-state index contributed by atoms with van der Waals surface area (Å²) in [6, 6.07) is 7.07. The van der Waals surface area contributed by atoms with Crippen molar-refractivity contribution in [3.63, 3.8) is 0 Å². The molecule has 0 saturated heterocycles. The van der Waals surface area contributed by atoms with Crippen LogP contribution in [0.15, 0.2) is 29.6 Å². The van der Waals surface area contributed by atoms with Crippen LogP contribution in [0.2, 0.25) is 5.02 Å². The molecule has 0 aromatic carbocycles. The van der Waals surface area contributed by atoms with E-state index in [0.29, 0.717) is 5.02 Å². The first-order valence-corrected chi connectivity index (χ1v) is 6.99. The normalized spacial score (nSPS) is 12.2. The number of anilines is 1. The predicted octanol–water partition coefficient (Wildman–Crippen LogP) is 3.21. The van der Waals surface area contributed by atoms with E-state index in [1.807, 2.05) is 24.4 Å². The lowest BCUT2D eigenvalue weighted by Crippen LogP contribution is -2.30. The van der Waals surface area contributed by atoms with Gasteiger partial charge in [-0.1, -0.05) is 17.7 Å². The Morgan fingerprint density at radius 2 is 2.21 bits per heavy atom. The number of pyridine rings is 1. The number of halogens is 1. The minimum atomic E-state index is -0.238. The second-order valence-electron chi connectivity index (χ2n) is 4.17. The third kappa shape index (κ3) is 2.88. The molecule has 2 N–H and O–H groups in total. The van der Waals surface area contributed by atoms with Crippen molar-refractivity contribution in [1.82, 2.24) is 9.88 Å². The number of amides is 1. The predicted molar refractivity (Wildman–Crippen MR) is 78.5 cm³/mol. The summed E-state index contributed by atoms with van der Waals surface area (Å²) in [6.07, 6.45) is 0. The summed E-state index contributed by atoms with van der Waals surface area (Å²) >= 11 is 7.61. The van der Waals surface area contributed by atoms with Gasteiger partial charge in [-0.2, -0.15) is 0 Å². The van der Waals surface area contributed by atoms with Crippen molar-refractivity contribution in [2.24, 2.45) is 0 Å². The maximum Gasteiger partial charge on any atom is 0.274 e. The molecule has 1 amide bonds. The Morgan fingerprint density at radius 3 is 2.84 bits per heavy atom. The van der Waals surface area contributed by atoms with Gasteiger partial charge in [-0.25, -0.2) is 4.98 Å². The topological polar surface area (TPSA) is 59.2 Å². The number of carbonyl (C=O) groups is 1. The Morgan fingerprint density at radius 1 is 1.47 bits per heavy atom. The fourth-order valence-electron chi connectivity index (χ4n) is 1.67. The molecule has 0 radical (unpaired) electrons. The van der Waals surface area contributed by atoms with Gasteiger partial charge in [0.25, 0.3) is 5.91 Å². The van der Waals surface area contributed by atoms with E-state index in [1.54, 1.807) is 35.4 Å². The fourth-order valence-corrected chi connectivity index (χ4v) is 2.68. The molecule has 0 aliphatic heterocycles. The average molecular weight is 296 g/mol. The first-order valence-electron chi connectivity index (χ1n) is 5.73. The summed E-state index contributed by atoms with van der Waals surface area (Å²) in [5.74, 6) is 0.0446. The Labute approximate surface area is 120 Å². The largest absolute Gasteiger partial charge is 0.384 e. The summed E-state index contributed by atoms with van der Waals surface area (Å²) in [6.45, 7) is 1.96. The standard InChI is InChI=1S/C13H14ClN3OS/c1-8(10-4-3-7-19-10)17(2)13(18)12-9(14)5-6-11(15)16-12/h3-8H,1-2H3,(H2,15,16). The van der Waals surface area contributed by atoms with Crippen LogP contribution in [-0.4, -0.2) is 22.8 Å². The Kier molecular flexibility index (Phi) is 4.07. The summed E-state index contributed by atoms with van der Waals surface area (Å²) in [5.41, 5.74) is 5.79. The Balaban J connectivity index is 2.26. The molecule has 2 rings (SSSR count). The third-order valence-corrected chi connectivity index (χ3v) is 4.27. The van der Waals surface area contributed by atoms with E-state index in [2.05, 4.69) is 4.98 Å². The number of nitrogens with zero attached hydrogens (tertiary/aromatic N) is 2. The molecule has 0 bridgehead atoms. The number of hydrogen-bond acceptors (Lipinski definition) is 4. The highest BCUT2D eigenvalue weighted by Gasteiger charge is 2.22. The van der Waals surface area contributed by atoms with E-state index >= 15 is 0 Å². The van der Waals surface area contributed by atoms with Crippen LogP contribution in [0.1, 0.15) is 28.3 Å². The van der Waals surface area contributed by atoms with Gasteiger partial charge in [0.1, 0.15) is 11.5 Å². The number of nitrogens with two attached hydrogens (primary N) is 1. The van der Waals surface area contributed by atoms with E-state index < -0.39 is 0 Å². The van der Waals surface area contributed by atoms with Crippen LogP contribution in [0.25, 0.3) is 0 Å². The van der Waals surface area contributed by atoms with Crippen LogP contribution in [0, 0.1) is 0 Å². The average Bonchev–Trinajstić information content (AvgIpc) is 2.93. The van der Waals surface area contributed by atoms with Crippen molar-refractivity contribution in [2.75, 3.05) is 12.8 Å². The molecule has 2 heterocycles. The highest BCUT2D eigenvalue weighted by Crippen LogP contribution is 2.26. The number of nitrogen functional groups attached to an aromatic ring is 1.